The third kappa shape index (κ3) is 3.45. The maximum absolute atomic E-state index is 12.5. The average Bonchev–Trinajstić information content (AvgIpc) is 2.73. The van der Waals surface area contributed by atoms with Gasteiger partial charge in [0.05, 0.1) is 18.2 Å². The maximum Gasteiger partial charge on any atom is 0.343 e. The van der Waals surface area contributed by atoms with E-state index in [2.05, 4.69) is 0 Å². The Morgan fingerprint density at radius 3 is 2.48 bits per heavy atom. The molecule has 0 aliphatic heterocycles. The number of hydrogen-bond donors (Lipinski definition) is 0. The van der Waals surface area contributed by atoms with Gasteiger partial charge in [-0.05, 0) is 55.2 Å². The summed E-state index contributed by atoms with van der Waals surface area (Å²) in [6, 6.07) is 11.7. The summed E-state index contributed by atoms with van der Waals surface area (Å²) >= 11 is 0. The van der Waals surface area contributed by atoms with E-state index in [4.69, 9.17) is 13.9 Å². The molecule has 0 atom stereocenters. The van der Waals surface area contributed by atoms with Gasteiger partial charge in [-0.15, -0.1) is 0 Å². The van der Waals surface area contributed by atoms with Crippen molar-refractivity contribution < 1.29 is 23.5 Å². The van der Waals surface area contributed by atoms with E-state index in [1.165, 1.54) is 20.1 Å². The third-order valence-electron chi connectivity index (χ3n) is 4.97. The number of aryl methyl sites for hydroxylation is 1. The highest BCUT2D eigenvalue weighted by Crippen LogP contribution is 2.36. The van der Waals surface area contributed by atoms with Crippen LogP contribution in [-0.4, -0.2) is 18.9 Å². The quantitative estimate of drug-likeness (QED) is 0.381. The molecule has 0 fully saturated rings. The predicted octanol–water partition coefficient (Wildman–Crippen LogP) is 3.94. The van der Waals surface area contributed by atoms with E-state index in [-0.39, 0.29) is 11.5 Å². The number of allylic oxidation sites excluding steroid dienone is 1. The van der Waals surface area contributed by atoms with Crippen LogP contribution in [-0.2, 0) is 11.2 Å². The highest BCUT2D eigenvalue weighted by molar-refractivity contribution is 6.00. The molecule has 0 radical (unpaired) electrons. The second-order valence-electron chi connectivity index (χ2n) is 6.76. The van der Waals surface area contributed by atoms with Crippen LogP contribution in [0.3, 0.4) is 0 Å². The minimum atomic E-state index is -0.544. The van der Waals surface area contributed by atoms with Gasteiger partial charge in [0.15, 0.2) is 17.3 Å². The molecule has 146 valence electrons. The molecular weight excluding hydrogens is 372 g/mol. The molecule has 1 aliphatic rings. The van der Waals surface area contributed by atoms with Crippen molar-refractivity contribution in [1.82, 2.24) is 0 Å². The van der Waals surface area contributed by atoms with Crippen molar-refractivity contribution in [2.75, 3.05) is 7.11 Å². The van der Waals surface area contributed by atoms with Crippen LogP contribution >= 0.6 is 0 Å². The third-order valence-corrected chi connectivity index (χ3v) is 4.97. The minimum absolute atomic E-state index is 0.0594. The van der Waals surface area contributed by atoms with Crippen molar-refractivity contribution in [2.24, 2.45) is 0 Å². The van der Waals surface area contributed by atoms with Gasteiger partial charge < -0.3 is 13.9 Å². The summed E-state index contributed by atoms with van der Waals surface area (Å²) in [7, 11) is 1.47. The first-order valence-corrected chi connectivity index (χ1v) is 9.14. The van der Waals surface area contributed by atoms with Gasteiger partial charge in [0.2, 0.25) is 0 Å². The zero-order valence-electron chi connectivity index (χ0n) is 16.0. The van der Waals surface area contributed by atoms with Gasteiger partial charge in [-0.3, -0.25) is 4.79 Å². The average molecular weight is 390 g/mol. The Labute approximate surface area is 166 Å². The van der Waals surface area contributed by atoms with Gasteiger partial charge in [-0.25, -0.2) is 9.59 Å². The van der Waals surface area contributed by atoms with Gasteiger partial charge in [-0.2, -0.15) is 0 Å². The number of hydrogen-bond acceptors (Lipinski definition) is 6. The lowest BCUT2D eigenvalue weighted by Gasteiger charge is -2.17. The van der Waals surface area contributed by atoms with E-state index in [9.17, 15) is 14.4 Å². The number of benzene rings is 2. The van der Waals surface area contributed by atoms with Crippen molar-refractivity contribution in [3.63, 3.8) is 0 Å². The van der Waals surface area contributed by atoms with Gasteiger partial charge in [-0.1, -0.05) is 18.2 Å². The lowest BCUT2D eigenvalue weighted by atomic mass is 9.89. The Bertz CT molecular complexity index is 1220. The Morgan fingerprint density at radius 1 is 1.03 bits per heavy atom. The fraction of sp³-hybridized carbons (Fsp3) is 0.174. The number of Topliss-reactive ketones (excluding diaryl/α,β-unsaturated/α-hetero) is 1. The van der Waals surface area contributed by atoms with Crippen LogP contribution in [0.5, 0.6) is 11.5 Å². The van der Waals surface area contributed by atoms with Crippen LogP contribution in [0.2, 0.25) is 0 Å². The Kier molecular flexibility index (Phi) is 4.76. The highest BCUT2D eigenvalue weighted by atomic mass is 16.6. The van der Waals surface area contributed by atoms with Gasteiger partial charge in [0, 0.05) is 11.5 Å². The lowest BCUT2D eigenvalue weighted by molar-refractivity contribution is -0.113. The van der Waals surface area contributed by atoms with Crippen molar-refractivity contribution in [3.8, 4) is 11.5 Å². The first-order valence-electron chi connectivity index (χ1n) is 9.14. The molecule has 6 heteroatoms. The predicted molar refractivity (Wildman–Crippen MR) is 107 cm³/mol. The molecule has 1 heterocycles. The largest absolute Gasteiger partial charge is 0.493 e. The number of carbonyl (C=O) groups is 2. The smallest absolute Gasteiger partial charge is 0.343 e. The number of ether oxygens (including phenoxy) is 2. The van der Waals surface area contributed by atoms with Crippen molar-refractivity contribution in [3.05, 3.63) is 75.1 Å². The molecule has 2 aromatic carbocycles. The molecule has 0 saturated heterocycles. The van der Waals surface area contributed by atoms with E-state index < -0.39 is 11.6 Å². The van der Waals surface area contributed by atoms with Crippen LogP contribution in [0.1, 0.15) is 34.8 Å². The Hall–Kier alpha value is -3.67. The number of fused-ring (bicyclic) bond motifs is 3. The van der Waals surface area contributed by atoms with E-state index in [1.54, 1.807) is 42.5 Å². The number of carbonyl (C=O) groups excluding carboxylic acids is 2. The molecule has 3 aromatic rings. The highest BCUT2D eigenvalue weighted by Gasteiger charge is 2.22. The number of ketones is 1. The maximum atomic E-state index is 12.5. The molecule has 1 aromatic heterocycles. The first-order chi connectivity index (χ1) is 14.0. The summed E-state index contributed by atoms with van der Waals surface area (Å²) in [4.78, 5) is 36.6. The second-order valence-corrected chi connectivity index (χ2v) is 6.76. The molecule has 0 saturated carbocycles. The Morgan fingerprint density at radius 2 is 1.79 bits per heavy atom. The monoisotopic (exact) mass is 390 g/mol. The summed E-state index contributed by atoms with van der Waals surface area (Å²) in [6.45, 7) is 1.48. The fourth-order valence-electron chi connectivity index (χ4n) is 3.46. The van der Waals surface area contributed by atoms with Crippen molar-refractivity contribution >= 4 is 28.8 Å². The minimum Gasteiger partial charge on any atom is -0.493 e. The summed E-state index contributed by atoms with van der Waals surface area (Å²) in [5.41, 5.74) is 1.93. The SMILES string of the molecule is COc1cc2c3c(c(=O)oc2cc1OC(=O)c1ccccc1)C=C(C(C)=O)CC3. The number of methoxy groups -OCH3 is 1. The molecule has 0 N–H and O–H groups in total. The van der Waals surface area contributed by atoms with Gasteiger partial charge >= 0.3 is 11.6 Å². The Balaban J connectivity index is 1.82. The number of esters is 1. The van der Waals surface area contributed by atoms with Gasteiger partial charge in [0.25, 0.3) is 0 Å². The molecule has 0 spiro atoms. The topological polar surface area (TPSA) is 82.8 Å². The van der Waals surface area contributed by atoms with Crippen LogP contribution in [0.15, 0.2) is 57.2 Å². The van der Waals surface area contributed by atoms with Crippen LogP contribution < -0.4 is 15.1 Å². The van der Waals surface area contributed by atoms with Crippen LogP contribution in [0.25, 0.3) is 17.0 Å². The zero-order valence-corrected chi connectivity index (χ0v) is 16.0. The molecule has 4 rings (SSSR count). The van der Waals surface area contributed by atoms with Crippen LogP contribution in [0.4, 0.5) is 0 Å². The second kappa shape index (κ2) is 7.39. The summed E-state index contributed by atoms with van der Waals surface area (Å²) in [6.07, 6.45) is 2.69. The standard InChI is InChI=1S/C23H18O6/c1-13(24)15-8-9-16-17-11-20(27-2)21(12-19(17)28-23(26)18(16)10-15)29-22(25)14-6-4-3-5-7-14/h3-7,10-12H,8-9H2,1-2H3. The first kappa shape index (κ1) is 18.7. The molecule has 0 unspecified atom stereocenters. The summed E-state index contributed by atoms with van der Waals surface area (Å²) in [5.74, 6) is -0.0969. The van der Waals surface area contributed by atoms with E-state index in [0.29, 0.717) is 46.3 Å². The summed E-state index contributed by atoms with van der Waals surface area (Å²) < 4.78 is 16.3. The van der Waals surface area contributed by atoms with E-state index >= 15 is 0 Å². The lowest BCUT2D eigenvalue weighted by Crippen LogP contribution is -2.15. The summed E-state index contributed by atoms with van der Waals surface area (Å²) in [5, 5.41) is 0.690. The molecule has 6 nitrogen and oxygen atoms in total. The fourth-order valence-corrected chi connectivity index (χ4v) is 3.46. The van der Waals surface area contributed by atoms with E-state index in [1.807, 2.05) is 0 Å². The number of rotatable bonds is 4. The molecule has 0 amide bonds. The molecular formula is C23H18O6. The molecule has 1 aliphatic carbocycles. The molecule has 0 bridgehead atoms. The van der Waals surface area contributed by atoms with E-state index in [0.717, 1.165) is 5.56 Å². The van der Waals surface area contributed by atoms with Crippen LogP contribution in [0, 0.1) is 0 Å². The van der Waals surface area contributed by atoms with Crippen molar-refractivity contribution in [1.29, 1.82) is 0 Å². The normalized spacial score (nSPS) is 12.8. The van der Waals surface area contributed by atoms with Crippen molar-refractivity contribution in [2.45, 2.75) is 19.8 Å². The molecule has 29 heavy (non-hydrogen) atoms. The van der Waals surface area contributed by atoms with Gasteiger partial charge in [0.1, 0.15) is 5.58 Å². The zero-order chi connectivity index (χ0) is 20.5.